The predicted octanol–water partition coefficient (Wildman–Crippen LogP) is -0.193. The summed E-state index contributed by atoms with van der Waals surface area (Å²) >= 11 is 0. The van der Waals surface area contributed by atoms with Crippen LogP contribution in [0.25, 0.3) is 11.1 Å². The molecule has 0 aliphatic heterocycles. The minimum absolute atomic E-state index is 0. The van der Waals surface area contributed by atoms with Crippen LogP contribution in [0.1, 0.15) is 42.5 Å². The standard InChI is InChI=1S/C16H16NO.C5H5.C3H7.2ClH.Zr/c1-9-4-5-13-11(6-9)8-12-7-10(2)15(17)16(18-3)14(12)13;1-2-4-5-3-1;1-3-2;;;/h4-6H,8,17H2,1-3H3;1-3H,4H2;3H,1-2H3;2*1H;/q3*-1;;;+2/p-2. The van der Waals surface area contributed by atoms with Crippen LogP contribution in [0, 0.1) is 32.4 Å². The third kappa shape index (κ3) is 7.63. The molecule has 0 unspecified atom stereocenters. The van der Waals surface area contributed by atoms with Gasteiger partial charge in [0.1, 0.15) is 0 Å². The van der Waals surface area contributed by atoms with E-state index in [1.807, 2.05) is 39.3 Å². The fraction of sp³-hybridized carbons (Fsp3) is 0.292. The molecule has 0 heterocycles. The van der Waals surface area contributed by atoms with Crippen molar-refractivity contribution in [3.8, 4) is 16.9 Å². The minimum Gasteiger partial charge on any atom is -1.00 e. The summed E-state index contributed by atoms with van der Waals surface area (Å²) in [6.45, 7) is 8.09. The van der Waals surface area contributed by atoms with Gasteiger partial charge in [-0.15, -0.1) is 17.5 Å². The van der Waals surface area contributed by atoms with Gasteiger partial charge in [-0.1, -0.05) is 41.8 Å². The number of halogens is 2. The molecule has 0 fully saturated rings. The first-order chi connectivity index (χ1) is 12.5. The topological polar surface area (TPSA) is 35.2 Å². The van der Waals surface area contributed by atoms with Crippen molar-refractivity contribution in [3.63, 3.8) is 0 Å². The second-order valence-electron chi connectivity index (χ2n) is 6.47. The van der Waals surface area contributed by atoms with Crippen molar-refractivity contribution in [2.45, 2.75) is 40.5 Å². The molecule has 0 bridgehead atoms. The third-order valence-electron chi connectivity index (χ3n) is 4.20. The fourth-order valence-electron chi connectivity index (χ4n) is 3.07. The summed E-state index contributed by atoms with van der Waals surface area (Å²) < 4.78 is 5.51. The molecule has 4 rings (SSSR count). The van der Waals surface area contributed by atoms with E-state index >= 15 is 0 Å². The second-order valence-corrected chi connectivity index (χ2v) is 6.47. The zero-order chi connectivity index (χ0) is 19.1. The minimum atomic E-state index is 0. The van der Waals surface area contributed by atoms with Crippen LogP contribution in [-0.2, 0) is 32.6 Å². The quantitative estimate of drug-likeness (QED) is 0.366. The summed E-state index contributed by atoms with van der Waals surface area (Å²) in [5.41, 5.74) is 13.9. The van der Waals surface area contributed by atoms with E-state index in [1.54, 1.807) is 7.11 Å². The van der Waals surface area contributed by atoms with Gasteiger partial charge in [0, 0.05) is 5.75 Å². The average molecular weight is 509 g/mol. The van der Waals surface area contributed by atoms with E-state index in [2.05, 4.69) is 43.3 Å². The Morgan fingerprint density at radius 3 is 2.28 bits per heavy atom. The van der Waals surface area contributed by atoms with Crippen molar-refractivity contribution in [1.29, 1.82) is 0 Å². The Hall–Kier alpha value is -1.02. The number of hydrogen-bond acceptors (Lipinski definition) is 2. The van der Waals surface area contributed by atoms with E-state index in [0.717, 1.165) is 29.7 Å². The summed E-state index contributed by atoms with van der Waals surface area (Å²) in [7, 11) is 1.68. The van der Waals surface area contributed by atoms with Gasteiger partial charge in [-0.05, 0) is 24.6 Å². The molecule has 0 spiro atoms. The zero-order valence-corrected chi connectivity index (χ0v) is 21.7. The van der Waals surface area contributed by atoms with Crippen LogP contribution in [0.5, 0.6) is 5.75 Å². The van der Waals surface area contributed by atoms with Gasteiger partial charge >= 0.3 is 26.2 Å². The molecule has 0 saturated carbocycles. The third-order valence-corrected chi connectivity index (χ3v) is 4.20. The fourth-order valence-corrected chi connectivity index (χ4v) is 3.07. The van der Waals surface area contributed by atoms with E-state index in [-0.39, 0.29) is 51.0 Å². The van der Waals surface area contributed by atoms with Gasteiger partial charge in [0.2, 0.25) is 0 Å². The second kappa shape index (κ2) is 14.9. The van der Waals surface area contributed by atoms with Gasteiger partial charge in [-0.25, -0.2) is 12.2 Å². The molecule has 0 amide bonds. The summed E-state index contributed by atoms with van der Waals surface area (Å²) in [4.78, 5) is 0. The van der Waals surface area contributed by atoms with Crippen molar-refractivity contribution >= 4 is 5.69 Å². The number of rotatable bonds is 1. The van der Waals surface area contributed by atoms with Crippen molar-refractivity contribution in [3.05, 3.63) is 77.2 Å². The number of hydrogen-bond donors (Lipinski definition) is 1. The smallest absolute Gasteiger partial charge is 1.00 e. The Bertz CT molecular complexity index is 822. The molecule has 2 nitrogen and oxygen atoms in total. The predicted molar refractivity (Wildman–Crippen MR) is 111 cm³/mol. The maximum absolute atomic E-state index is 6.10. The molecule has 156 valence electrons. The van der Waals surface area contributed by atoms with Gasteiger partial charge in [0.05, 0.1) is 7.11 Å². The number of benzene rings is 2. The Labute approximate surface area is 207 Å². The SMILES string of the molecule is COc1c(N)c(C)[c-]c2c1-c1ccc(C)cc1C2.C[CH-]C.[C-]1=CC=CC1.[Cl-].[Cl-].[Zr+2]. The Morgan fingerprint density at radius 1 is 1.14 bits per heavy atom. The number of methoxy groups -OCH3 is 1. The first-order valence-corrected chi connectivity index (χ1v) is 8.97. The van der Waals surface area contributed by atoms with E-state index in [1.165, 1.54) is 22.3 Å². The molecule has 2 aliphatic carbocycles. The van der Waals surface area contributed by atoms with Gasteiger partial charge in [-0.3, -0.25) is 6.08 Å². The molecule has 0 radical (unpaired) electrons. The number of nitrogen functional groups attached to an aromatic ring is 1. The van der Waals surface area contributed by atoms with Crippen LogP contribution in [0.15, 0.2) is 36.4 Å². The van der Waals surface area contributed by atoms with E-state index < -0.39 is 0 Å². The van der Waals surface area contributed by atoms with E-state index in [0.29, 0.717) is 5.69 Å². The van der Waals surface area contributed by atoms with Crippen molar-refractivity contribution in [2.75, 3.05) is 12.8 Å². The monoisotopic (exact) mass is 506 g/mol. The number of nitrogens with two attached hydrogens (primary N) is 1. The number of ether oxygens (including phenoxy) is 1. The summed E-state index contributed by atoms with van der Waals surface area (Å²) in [5, 5.41) is 0. The summed E-state index contributed by atoms with van der Waals surface area (Å²) in [6, 6.07) is 9.91. The van der Waals surface area contributed by atoms with Gasteiger partial charge in [-0.2, -0.15) is 26.0 Å². The van der Waals surface area contributed by atoms with Crippen LogP contribution >= 0.6 is 0 Å². The molecule has 5 heteroatoms. The molecule has 2 N–H and O–H groups in total. The summed E-state index contributed by atoms with van der Waals surface area (Å²) in [5.74, 6) is 0.795. The zero-order valence-electron chi connectivity index (χ0n) is 17.7. The van der Waals surface area contributed by atoms with Gasteiger partial charge in [0.15, 0.2) is 0 Å². The summed E-state index contributed by atoms with van der Waals surface area (Å²) in [6.07, 6.45) is 12.9. The molecule has 0 atom stereocenters. The van der Waals surface area contributed by atoms with Crippen molar-refractivity contribution in [2.24, 2.45) is 0 Å². The van der Waals surface area contributed by atoms with Crippen LogP contribution in [0.4, 0.5) is 5.69 Å². The number of aryl methyl sites for hydroxylation is 2. The maximum atomic E-state index is 6.10. The van der Waals surface area contributed by atoms with Gasteiger partial charge in [0.25, 0.3) is 0 Å². The van der Waals surface area contributed by atoms with Crippen molar-refractivity contribution < 1.29 is 55.8 Å². The molecule has 29 heavy (non-hydrogen) atoms. The number of allylic oxidation sites excluding steroid dienone is 4. The van der Waals surface area contributed by atoms with E-state index in [4.69, 9.17) is 10.5 Å². The molecule has 2 aromatic carbocycles. The normalized spacial score (nSPS) is 11.2. The Kier molecular flexibility index (Phi) is 15.5. The number of anilines is 1. The molecular formula is C24H28Cl2NOZr-3. The maximum Gasteiger partial charge on any atom is 2.00 e. The molecule has 0 saturated heterocycles. The molecular weight excluding hydrogens is 480 g/mol. The van der Waals surface area contributed by atoms with Crippen LogP contribution in [0.2, 0.25) is 0 Å². The number of fused-ring (bicyclic) bond motifs is 3. The Morgan fingerprint density at radius 2 is 1.79 bits per heavy atom. The van der Waals surface area contributed by atoms with Crippen LogP contribution in [0.3, 0.4) is 0 Å². The van der Waals surface area contributed by atoms with Crippen LogP contribution < -0.4 is 35.3 Å². The van der Waals surface area contributed by atoms with Gasteiger partial charge < -0.3 is 41.7 Å². The first kappa shape index (κ1) is 30.2. The first-order valence-electron chi connectivity index (χ1n) is 8.97. The molecule has 0 aromatic heterocycles. The Balaban J connectivity index is 0. The molecule has 2 aromatic rings. The largest absolute Gasteiger partial charge is 2.00 e. The van der Waals surface area contributed by atoms with E-state index in [9.17, 15) is 0 Å². The van der Waals surface area contributed by atoms with Crippen molar-refractivity contribution in [1.82, 2.24) is 0 Å². The van der Waals surface area contributed by atoms with Crippen LogP contribution in [-0.4, -0.2) is 7.11 Å². The molecule has 2 aliphatic rings. The average Bonchev–Trinajstić information content (AvgIpc) is 3.28.